The van der Waals surface area contributed by atoms with Crippen LogP contribution >= 0.6 is 12.4 Å². The van der Waals surface area contributed by atoms with Gasteiger partial charge in [-0.1, -0.05) is 6.07 Å². The Morgan fingerprint density at radius 3 is 3.05 bits per heavy atom. The highest BCUT2D eigenvalue weighted by Crippen LogP contribution is 2.18. The number of methoxy groups -OCH3 is 1. The molecule has 1 aromatic heterocycles. The van der Waals surface area contributed by atoms with Gasteiger partial charge in [0, 0.05) is 20.2 Å². The maximum absolute atomic E-state index is 12.3. The van der Waals surface area contributed by atoms with E-state index in [0.29, 0.717) is 24.0 Å². The van der Waals surface area contributed by atoms with Crippen LogP contribution < -0.4 is 5.73 Å². The molecule has 0 spiro atoms. The summed E-state index contributed by atoms with van der Waals surface area (Å²) in [6, 6.07) is 5.14. The molecule has 6 heteroatoms. The van der Waals surface area contributed by atoms with Crippen molar-refractivity contribution in [1.29, 1.82) is 0 Å². The van der Waals surface area contributed by atoms with Crippen molar-refractivity contribution >= 4 is 24.1 Å². The molecule has 0 saturated carbocycles. The summed E-state index contributed by atoms with van der Waals surface area (Å²) in [7, 11) is 1.69. The van der Waals surface area contributed by atoms with E-state index >= 15 is 0 Å². The molecule has 1 amide bonds. The lowest BCUT2D eigenvalue weighted by molar-refractivity contribution is 0.0566. The highest BCUT2D eigenvalue weighted by molar-refractivity contribution is 5.92. The zero-order valence-corrected chi connectivity index (χ0v) is 11.9. The number of anilines is 1. The SMILES string of the molecule is COCC1CCCN(C(=O)c2cccc(N)n2)C1.Cl. The number of ether oxygens (including phenoxy) is 1. The van der Waals surface area contributed by atoms with Crippen molar-refractivity contribution in [2.75, 3.05) is 32.5 Å². The van der Waals surface area contributed by atoms with Crippen molar-refractivity contribution in [1.82, 2.24) is 9.88 Å². The number of halogens is 1. The monoisotopic (exact) mass is 285 g/mol. The molecule has 0 aliphatic carbocycles. The first-order valence-electron chi connectivity index (χ1n) is 6.21. The number of carbonyl (C=O) groups is 1. The van der Waals surface area contributed by atoms with Crippen LogP contribution in [-0.4, -0.2) is 42.6 Å². The maximum atomic E-state index is 12.3. The normalized spacial score (nSPS) is 18.8. The van der Waals surface area contributed by atoms with Crippen LogP contribution in [0.15, 0.2) is 18.2 Å². The minimum Gasteiger partial charge on any atom is -0.384 e. The number of likely N-dealkylation sites (tertiary alicyclic amines) is 1. The molecule has 1 aliphatic rings. The molecule has 1 aliphatic heterocycles. The lowest BCUT2D eigenvalue weighted by atomic mass is 9.98. The second-order valence-electron chi connectivity index (χ2n) is 4.66. The molecule has 0 radical (unpaired) electrons. The topological polar surface area (TPSA) is 68.5 Å². The molecular formula is C13H20ClN3O2. The third kappa shape index (κ3) is 4.08. The average Bonchev–Trinajstić information content (AvgIpc) is 2.39. The predicted octanol–water partition coefficient (Wildman–Crippen LogP) is 1.58. The number of rotatable bonds is 3. The fraction of sp³-hybridized carbons (Fsp3) is 0.538. The van der Waals surface area contributed by atoms with Crippen molar-refractivity contribution in [3.8, 4) is 0 Å². The lowest BCUT2D eigenvalue weighted by Gasteiger charge is -2.32. The molecule has 1 saturated heterocycles. The molecule has 1 fully saturated rings. The number of amides is 1. The van der Waals surface area contributed by atoms with Gasteiger partial charge in [0.15, 0.2) is 0 Å². The van der Waals surface area contributed by atoms with Crippen LogP contribution in [0, 0.1) is 5.92 Å². The van der Waals surface area contributed by atoms with Gasteiger partial charge in [-0.05, 0) is 30.9 Å². The van der Waals surface area contributed by atoms with Crippen molar-refractivity contribution in [3.05, 3.63) is 23.9 Å². The zero-order valence-electron chi connectivity index (χ0n) is 11.0. The number of aromatic nitrogens is 1. The van der Waals surface area contributed by atoms with Gasteiger partial charge in [-0.15, -0.1) is 12.4 Å². The van der Waals surface area contributed by atoms with Crippen LogP contribution in [0.1, 0.15) is 23.3 Å². The Morgan fingerprint density at radius 2 is 2.37 bits per heavy atom. The van der Waals surface area contributed by atoms with E-state index in [4.69, 9.17) is 10.5 Å². The smallest absolute Gasteiger partial charge is 0.272 e. The number of carbonyl (C=O) groups excluding carboxylic acids is 1. The van der Waals surface area contributed by atoms with Crippen molar-refractivity contribution in [2.45, 2.75) is 12.8 Å². The van der Waals surface area contributed by atoms with Gasteiger partial charge in [0.05, 0.1) is 6.61 Å². The van der Waals surface area contributed by atoms with E-state index in [1.165, 1.54) is 0 Å². The summed E-state index contributed by atoms with van der Waals surface area (Å²) in [5, 5.41) is 0. The first kappa shape index (κ1) is 15.7. The first-order valence-corrected chi connectivity index (χ1v) is 6.21. The van der Waals surface area contributed by atoms with E-state index in [9.17, 15) is 4.79 Å². The Balaban J connectivity index is 0.00000180. The summed E-state index contributed by atoms with van der Waals surface area (Å²) in [5.74, 6) is 0.767. The summed E-state index contributed by atoms with van der Waals surface area (Å²) in [6.45, 7) is 2.23. The quantitative estimate of drug-likeness (QED) is 0.916. The van der Waals surface area contributed by atoms with Crippen LogP contribution in [-0.2, 0) is 4.74 Å². The van der Waals surface area contributed by atoms with E-state index in [1.54, 1.807) is 25.3 Å². The molecule has 1 unspecified atom stereocenters. The summed E-state index contributed by atoms with van der Waals surface area (Å²) in [5.41, 5.74) is 6.02. The Kier molecular flexibility index (Phi) is 6.05. The third-order valence-corrected chi connectivity index (χ3v) is 3.20. The fourth-order valence-corrected chi connectivity index (χ4v) is 2.35. The molecule has 2 heterocycles. The van der Waals surface area contributed by atoms with Crippen LogP contribution in [0.4, 0.5) is 5.82 Å². The Labute approximate surface area is 119 Å². The Morgan fingerprint density at radius 1 is 1.58 bits per heavy atom. The van der Waals surface area contributed by atoms with Crippen molar-refractivity contribution < 1.29 is 9.53 Å². The predicted molar refractivity (Wildman–Crippen MR) is 76.4 cm³/mol. The minimum absolute atomic E-state index is 0. The van der Waals surface area contributed by atoms with E-state index in [0.717, 1.165) is 25.9 Å². The number of pyridine rings is 1. The Bertz CT molecular complexity index is 426. The van der Waals surface area contributed by atoms with E-state index < -0.39 is 0 Å². The maximum Gasteiger partial charge on any atom is 0.272 e. The van der Waals surface area contributed by atoms with Gasteiger partial charge in [-0.25, -0.2) is 4.98 Å². The highest BCUT2D eigenvalue weighted by atomic mass is 35.5. The molecule has 5 nitrogen and oxygen atoms in total. The number of hydrogen-bond donors (Lipinski definition) is 1. The number of nitrogens with two attached hydrogens (primary N) is 1. The fourth-order valence-electron chi connectivity index (χ4n) is 2.35. The van der Waals surface area contributed by atoms with E-state index in [-0.39, 0.29) is 18.3 Å². The van der Waals surface area contributed by atoms with Gasteiger partial charge in [-0.3, -0.25) is 4.79 Å². The number of hydrogen-bond acceptors (Lipinski definition) is 4. The standard InChI is InChI=1S/C13H19N3O2.ClH/c1-18-9-10-4-3-7-16(8-10)13(17)11-5-2-6-12(14)15-11;/h2,5-6,10H,3-4,7-9H2,1H3,(H2,14,15);1H. The number of nitrogen functional groups attached to an aromatic ring is 1. The largest absolute Gasteiger partial charge is 0.384 e. The summed E-state index contributed by atoms with van der Waals surface area (Å²) in [4.78, 5) is 18.2. The number of piperidine rings is 1. The van der Waals surface area contributed by atoms with Gasteiger partial charge in [0.2, 0.25) is 0 Å². The minimum atomic E-state index is -0.0388. The van der Waals surface area contributed by atoms with Crippen molar-refractivity contribution in [3.63, 3.8) is 0 Å². The van der Waals surface area contributed by atoms with E-state index in [2.05, 4.69) is 4.98 Å². The van der Waals surface area contributed by atoms with Gasteiger partial charge < -0.3 is 15.4 Å². The second kappa shape index (κ2) is 7.31. The Hall–Kier alpha value is -1.33. The highest BCUT2D eigenvalue weighted by Gasteiger charge is 2.25. The molecule has 19 heavy (non-hydrogen) atoms. The van der Waals surface area contributed by atoms with Crippen LogP contribution in [0.2, 0.25) is 0 Å². The number of nitrogens with zero attached hydrogens (tertiary/aromatic N) is 2. The summed E-state index contributed by atoms with van der Waals surface area (Å²) < 4.78 is 5.16. The molecule has 1 atom stereocenters. The van der Waals surface area contributed by atoms with Gasteiger partial charge in [-0.2, -0.15) is 0 Å². The average molecular weight is 286 g/mol. The van der Waals surface area contributed by atoms with Gasteiger partial charge in [0.1, 0.15) is 11.5 Å². The van der Waals surface area contributed by atoms with Gasteiger partial charge >= 0.3 is 0 Å². The lowest BCUT2D eigenvalue weighted by Crippen LogP contribution is -2.41. The zero-order chi connectivity index (χ0) is 13.0. The molecule has 2 N–H and O–H groups in total. The molecule has 0 bridgehead atoms. The summed E-state index contributed by atoms with van der Waals surface area (Å²) in [6.07, 6.45) is 2.13. The molecule has 2 rings (SSSR count). The van der Waals surface area contributed by atoms with Crippen molar-refractivity contribution in [2.24, 2.45) is 5.92 Å². The first-order chi connectivity index (χ1) is 8.70. The molecular weight excluding hydrogens is 266 g/mol. The van der Waals surface area contributed by atoms with Gasteiger partial charge in [0.25, 0.3) is 5.91 Å². The van der Waals surface area contributed by atoms with Crippen LogP contribution in [0.5, 0.6) is 0 Å². The van der Waals surface area contributed by atoms with Crippen LogP contribution in [0.3, 0.4) is 0 Å². The molecule has 1 aromatic rings. The molecule has 0 aromatic carbocycles. The summed E-state index contributed by atoms with van der Waals surface area (Å²) >= 11 is 0. The molecule has 106 valence electrons. The van der Waals surface area contributed by atoms with E-state index in [1.807, 2.05) is 4.90 Å². The van der Waals surface area contributed by atoms with Crippen LogP contribution in [0.25, 0.3) is 0 Å². The second-order valence-corrected chi connectivity index (χ2v) is 4.66. The third-order valence-electron chi connectivity index (χ3n) is 3.20.